The van der Waals surface area contributed by atoms with Gasteiger partial charge in [-0.25, -0.2) is 4.79 Å². The summed E-state index contributed by atoms with van der Waals surface area (Å²) < 4.78 is 0. The first-order chi connectivity index (χ1) is 14.2. The normalized spacial score (nSPS) is 16.1. The van der Waals surface area contributed by atoms with E-state index in [-0.39, 0.29) is 18.9 Å². The first-order valence-electron chi connectivity index (χ1n) is 9.41. The van der Waals surface area contributed by atoms with E-state index in [9.17, 15) is 14.4 Å². The molecular weight excluding hydrogens is 427 g/mol. The minimum atomic E-state index is -0.942. The van der Waals surface area contributed by atoms with Crippen LogP contribution in [0.4, 0.5) is 16.2 Å². The van der Waals surface area contributed by atoms with Crippen molar-refractivity contribution in [2.24, 2.45) is 0 Å². The summed E-state index contributed by atoms with van der Waals surface area (Å²) >= 11 is 12.0. The number of carbonyl (C=O) groups excluding carboxylic acids is 3. The highest BCUT2D eigenvalue weighted by Gasteiger charge is 2.35. The molecule has 1 atom stereocenters. The second kappa shape index (κ2) is 9.36. The van der Waals surface area contributed by atoms with Gasteiger partial charge in [0.2, 0.25) is 11.8 Å². The first-order valence-corrected chi connectivity index (χ1v) is 10.2. The monoisotopic (exact) mass is 448 g/mol. The van der Waals surface area contributed by atoms with Crippen LogP contribution in [-0.2, 0) is 9.59 Å². The van der Waals surface area contributed by atoms with Crippen LogP contribution in [0.1, 0.15) is 17.5 Å². The van der Waals surface area contributed by atoms with Crippen molar-refractivity contribution in [1.82, 2.24) is 10.2 Å². The number of amides is 4. The molecule has 30 heavy (non-hydrogen) atoms. The molecule has 7 nitrogen and oxygen atoms in total. The Morgan fingerprint density at radius 3 is 2.50 bits per heavy atom. The largest absolute Gasteiger partial charge is 0.353 e. The van der Waals surface area contributed by atoms with Crippen LogP contribution in [0.2, 0.25) is 10.0 Å². The lowest BCUT2D eigenvalue weighted by Gasteiger charge is -2.34. The molecule has 1 aliphatic heterocycles. The average Bonchev–Trinajstić information content (AvgIpc) is 2.65. The highest BCUT2D eigenvalue weighted by atomic mass is 35.5. The fourth-order valence-electron chi connectivity index (χ4n) is 3.37. The molecule has 1 aliphatic rings. The maximum absolute atomic E-state index is 12.8. The Balaban J connectivity index is 1.72. The van der Waals surface area contributed by atoms with Gasteiger partial charge in [-0.2, -0.15) is 0 Å². The summed E-state index contributed by atoms with van der Waals surface area (Å²) in [6.45, 7) is 4.48. The molecule has 0 saturated carbocycles. The van der Waals surface area contributed by atoms with Crippen LogP contribution < -0.4 is 16.0 Å². The van der Waals surface area contributed by atoms with Crippen molar-refractivity contribution in [3.05, 3.63) is 57.6 Å². The van der Waals surface area contributed by atoms with Gasteiger partial charge in [0.25, 0.3) is 0 Å². The summed E-state index contributed by atoms with van der Waals surface area (Å²) in [5.74, 6) is -0.838. The van der Waals surface area contributed by atoms with Crippen LogP contribution in [0, 0.1) is 13.8 Å². The molecule has 3 N–H and O–H groups in total. The lowest BCUT2D eigenvalue weighted by atomic mass is 10.1. The Morgan fingerprint density at radius 1 is 1.10 bits per heavy atom. The molecule has 4 amide bonds. The fourth-order valence-corrected chi connectivity index (χ4v) is 3.71. The topological polar surface area (TPSA) is 90.5 Å². The number of rotatable bonds is 4. The van der Waals surface area contributed by atoms with Gasteiger partial charge in [-0.3, -0.25) is 9.59 Å². The lowest BCUT2D eigenvalue weighted by molar-refractivity contribution is -0.130. The van der Waals surface area contributed by atoms with Crippen molar-refractivity contribution in [3.8, 4) is 0 Å². The van der Waals surface area contributed by atoms with Gasteiger partial charge in [-0.05, 0) is 55.3 Å². The molecule has 1 fully saturated rings. The third kappa shape index (κ3) is 5.43. The smallest absolute Gasteiger partial charge is 0.322 e. The number of nitrogens with zero attached hydrogens (tertiary/aromatic N) is 1. The number of urea groups is 1. The predicted octanol–water partition coefficient (Wildman–Crippen LogP) is 3.97. The highest BCUT2D eigenvalue weighted by Crippen LogP contribution is 2.26. The van der Waals surface area contributed by atoms with Crippen molar-refractivity contribution in [1.29, 1.82) is 0 Å². The van der Waals surface area contributed by atoms with E-state index in [2.05, 4.69) is 16.0 Å². The van der Waals surface area contributed by atoms with Gasteiger partial charge in [0, 0.05) is 23.8 Å². The SMILES string of the molecule is Cc1cc(C)cc(NC(=O)N2CCNC(=O)[C@H]2CC(=O)Nc2cc(Cl)ccc2Cl)c1. The van der Waals surface area contributed by atoms with Gasteiger partial charge in [-0.15, -0.1) is 0 Å². The molecule has 2 aromatic rings. The molecule has 2 aromatic carbocycles. The summed E-state index contributed by atoms with van der Waals surface area (Å²) in [4.78, 5) is 39.2. The molecule has 0 aromatic heterocycles. The number of halogens is 2. The number of anilines is 2. The Bertz CT molecular complexity index is 976. The molecule has 0 unspecified atom stereocenters. The zero-order chi connectivity index (χ0) is 21.8. The standard InChI is InChI=1S/C21H22Cl2N4O3/c1-12-7-13(2)9-15(8-12)25-21(30)27-6-5-24-20(29)18(27)11-19(28)26-17-10-14(22)3-4-16(17)23/h3-4,7-10,18H,5-6,11H2,1-2H3,(H,24,29)(H,25,30)(H,26,28)/t18-/m1/s1. The number of carbonyl (C=O) groups is 3. The lowest BCUT2D eigenvalue weighted by Crippen LogP contribution is -2.59. The van der Waals surface area contributed by atoms with Gasteiger partial charge >= 0.3 is 6.03 Å². The number of nitrogens with one attached hydrogen (secondary N) is 3. The molecular formula is C21H22Cl2N4O3. The number of aryl methyl sites for hydroxylation is 2. The molecule has 0 aliphatic carbocycles. The van der Waals surface area contributed by atoms with Gasteiger partial charge in [0.1, 0.15) is 6.04 Å². The Hall–Kier alpha value is -2.77. The van der Waals surface area contributed by atoms with E-state index in [4.69, 9.17) is 23.2 Å². The summed E-state index contributed by atoms with van der Waals surface area (Å²) in [6.07, 6.45) is -0.213. The second-order valence-electron chi connectivity index (χ2n) is 7.18. The van der Waals surface area contributed by atoms with E-state index in [1.54, 1.807) is 12.1 Å². The Kier molecular flexibility index (Phi) is 6.84. The molecule has 1 saturated heterocycles. The predicted molar refractivity (Wildman–Crippen MR) is 118 cm³/mol. The average molecular weight is 449 g/mol. The summed E-state index contributed by atoms with van der Waals surface area (Å²) in [7, 11) is 0. The zero-order valence-corrected chi connectivity index (χ0v) is 18.1. The van der Waals surface area contributed by atoms with E-state index in [0.29, 0.717) is 28.0 Å². The van der Waals surface area contributed by atoms with E-state index in [0.717, 1.165) is 11.1 Å². The van der Waals surface area contributed by atoms with Gasteiger partial charge in [-0.1, -0.05) is 29.3 Å². The van der Waals surface area contributed by atoms with Crippen LogP contribution in [0.15, 0.2) is 36.4 Å². The third-order valence-electron chi connectivity index (χ3n) is 4.65. The van der Waals surface area contributed by atoms with Crippen molar-refractivity contribution in [3.63, 3.8) is 0 Å². The molecule has 0 radical (unpaired) electrons. The summed E-state index contributed by atoms with van der Waals surface area (Å²) in [5, 5.41) is 8.91. The van der Waals surface area contributed by atoms with Crippen molar-refractivity contribution in [2.75, 3.05) is 23.7 Å². The zero-order valence-electron chi connectivity index (χ0n) is 16.6. The van der Waals surface area contributed by atoms with Gasteiger partial charge in [0.05, 0.1) is 17.1 Å². The van der Waals surface area contributed by atoms with Crippen LogP contribution in [0.3, 0.4) is 0 Å². The number of piperazine rings is 1. The van der Waals surface area contributed by atoms with Gasteiger partial charge in [0.15, 0.2) is 0 Å². The maximum atomic E-state index is 12.8. The number of hydrogen-bond acceptors (Lipinski definition) is 3. The minimum Gasteiger partial charge on any atom is -0.353 e. The van der Waals surface area contributed by atoms with E-state index in [1.165, 1.54) is 11.0 Å². The van der Waals surface area contributed by atoms with Crippen molar-refractivity contribution in [2.45, 2.75) is 26.3 Å². The van der Waals surface area contributed by atoms with E-state index < -0.39 is 18.0 Å². The van der Waals surface area contributed by atoms with Crippen LogP contribution in [0.25, 0.3) is 0 Å². The quantitative estimate of drug-likeness (QED) is 0.660. The fraction of sp³-hybridized carbons (Fsp3) is 0.286. The molecule has 0 bridgehead atoms. The van der Waals surface area contributed by atoms with Crippen LogP contribution >= 0.6 is 23.2 Å². The van der Waals surface area contributed by atoms with E-state index in [1.807, 2.05) is 32.0 Å². The molecule has 1 heterocycles. The Labute approximate surface area is 184 Å². The van der Waals surface area contributed by atoms with Crippen LogP contribution in [-0.4, -0.2) is 41.9 Å². The first kappa shape index (κ1) is 21.9. The number of hydrogen-bond donors (Lipinski definition) is 3. The van der Waals surface area contributed by atoms with Crippen LogP contribution in [0.5, 0.6) is 0 Å². The molecule has 158 valence electrons. The van der Waals surface area contributed by atoms with Crippen molar-refractivity contribution < 1.29 is 14.4 Å². The minimum absolute atomic E-state index is 0.213. The second-order valence-corrected chi connectivity index (χ2v) is 8.03. The summed E-state index contributed by atoms with van der Waals surface area (Å²) in [6, 6.07) is 9.00. The number of benzene rings is 2. The van der Waals surface area contributed by atoms with Gasteiger partial charge < -0.3 is 20.9 Å². The van der Waals surface area contributed by atoms with Crippen molar-refractivity contribution >= 4 is 52.4 Å². The summed E-state index contributed by atoms with van der Waals surface area (Å²) in [5.41, 5.74) is 3.00. The highest BCUT2D eigenvalue weighted by molar-refractivity contribution is 6.35. The maximum Gasteiger partial charge on any atom is 0.322 e. The molecule has 3 rings (SSSR count). The molecule has 9 heteroatoms. The molecule has 0 spiro atoms. The van der Waals surface area contributed by atoms with E-state index >= 15 is 0 Å². The third-order valence-corrected chi connectivity index (χ3v) is 5.21. The Morgan fingerprint density at radius 2 is 1.80 bits per heavy atom.